The molecule has 3 aromatic carbocycles. The third kappa shape index (κ3) is 6.49. The quantitative estimate of drug-likeness (QED) is 0.127. The molecular weight excluding hydrogens is 541 g/mol. The van der Waals surface area contributed by atoms with Gasteiger partial charge < -0.3 is 9.50 Å². The number of amides is 1. The van der Waals surface area contributed by atoms with Crippen molar-refractivity contribution in [2.45, 2.75) is 4.90 Å². The number of anilines is 1. The lowest BCUT2D eigenvalue weighted by atomic mass is 10.1. The third-order valence-corrected chi connectivity index (χ3v) is 6.30. The molecule has 0 aromatic heterocycles. The fourth-order valence-electron chi connectivity index (χ4n) is 2.73. The summed E-state index contributed by atoms with van der Waals surface area (Å²) in [6, 6.07) is 14.4. The first-order chi connectivity index (χ1) is 16.5. The Hall–Kier alpha value is -3.62. The first kappa shape index (κ1) is 26.0. The van der Waals surface area contributed by atoms with Gasteiger partial charge in [-0.25, -0.2) is 0 Å². The number of nitro benzene ring substituents is 1. The van der Waals surface area contributed by atoms with Crippen LogP contribution in [0.15, 0.2) is 71.1 Å². The highest BCUT2D eigenvalue weighted by Crippen LogP contribution is 2.36. The van der Waals surface area contributed by atoms with E-state index in [0.29, 0.717) is 5.02 Å². The molecule has 9 nitrogen and oxygen atoms in total. The van der Waals surface area contributed by atoms with E-state index in [9.17, 15) is 28.6 Å². The maximum Gasteiger partial charge on any atom is 0.339 e. The second-order valence-corrected chi connectivity index (χ2v) is 9.56. The summed E-state index contributed by atoms with van der Waals surface area (Å²) in [5, 5.41) is 23.0. The molecule has 0 aliphatic heterocycles. The Kier molecular flexibility index (Phi) is 7.99. The molecule has 1 amide bonds. The maximum atomic E-state index is 12.7. The molecule has 13 heteroatoms. The highest BCUT2D eigenvalue weighted by Gasteiger charge is 2.22. The van der Waals surface area contributed by atoms with Gasteiger partial charge >= 0.3 is 10.1 Å². The van der Waals surface area contributed by atoms with Crippen LogP contribution in [0.5, 0.6) is 5.75 Å². The second-order valence-electron chi connectivity index (χ2n) is 6.73. The summed E-state index contributed by atoms with van der Waals surface area (Å²) < 4.78 is 30.7. The molecular formula is C22H12Cl3N3O6S. The van der Waals surface area contributed by atoms with Crippen molar-refractivity contribution in [1.29, 1.82) is 5.26 Å². The summed E-state index contributed by atoms with van der Waals surface area (Å²) in [4.78, 5) is 22.7. The molecule has 0 radical (unpaired) electrons. The van der Waals surface area contributed by atoms with Crippen LogP contribution in [0.1, 0.15) is 5.56 Å². The molecule has 35 heavy (non-hydrogen) atoms. The number of hydrogen-bond donors (Lipinski definition) is 1. The summed E-state index contributed by atoms with van der Waals surface area (Å²) in [5.41, 5.74) is -0.763. The highest BCUT2D eigenvalue weighted by molar-refractivity contribution is 7.87. The largest absolute Gasteiger partial charge is 0.377 e. The Balaban J connectivity index is 1.99. The van der Waals surface area contributed by atoms with E-state index in [1.165, 1.54) is 54.6 Å². The topological polar surface area (TPSA) is 139 Å². The number of nitrogens with zero attached hydrogens (tertiary/aromatic N) is 2. The fourth-order valence-corrected chi connectivity index (χ4v) is 4.42. The molecule has 0 saturated carbocycles. The standard InChI is InChI=1S/C22H12Cl3N3O6S/c23-15-4-6-19(7-5-15)35(32,33)34-21-13(9-16(24)10-20(21)25)8-14(12-26)22(29)27-17-2-1-3-18(11-17)28(30)31/h1-11H,(H,27,29)/b14-8+. The van der Waals surface area contributed by atoms with Crippen LogP contribution in [-0.4, -0.2) is 19.2 Å². The maximum absolute atomic E-state index is 12.7. The molecule has 1 N–H and O–H groups in total. The summed E-state index contributed by atoms with van der Waals surface area (Å²) in [5.74, 6) is -1.29. The Morgan fingerprint density at radius 2 is 1.74 bits per heavy atom. The van der Waals surface area contributed by atoms with Crippen molar-refractivity contribution in [2.24, 2.45) is 0 Å². The minimum Gasteiger partial charge on any atom is -0.377 e. The average Bonchev–Trinajstić information content (AvgIpc) is 2.79. The Bertz CT molecular complexity index is 1500. The van der Waals surface area contributed by atoms with Gasteiger partial charge in [0.15, 0.2) is 5.75 Å². The average molecular weight is 553 g/mol. The van der Waals surface area contributed by atoms with Crippen molar-refractivity contribution < 1.29 is 22.3 Å². The zero-order chi connectivity index (χ0) is 25.8. The van der Waals surface area contributed by atoms with Gasteiger partial charge in [0.25, 0.3) is 11.6 Å². The van der Waals surface area contributed by atoms with Crippen LogP contribution in [0.4, 0.5) is 11.4 Å². The van der Waals surface area contributed by atoms with E-state index in [1.54, 1.807) is 6.07 Å². The molecule has 3 aromatic rings. The minimum absolute atomic E-state index is 0.0660. The summed E-state index contributed by atoms with van der Waals surface area (Å²) in [7, 11) is -4.37. The number of carbonyl (C=O) groups excluding carboxylic acids is 1. The van der Waals surface area contributed by atoms with Crippen LogP contribution in [0, 0.1) is 21.4 Å². The lowest BCUT2D eigenvalue weighted by Crippen LogP contribution is -2.14. The lowest BCUT2D eigenvalue weighted by molar-refractivity contribution is -0.384. The Morgan fingerprint density at radius 3 is 2.37 bits per heavy atom. The van der Waals surface area contributed by atoms with Gasteiger partial charge in [-0.05, 0) is 48.5 Å². The molecule has 0 atom stereocenters. The van der Waals surface area contributed by atoms with Crippen LogP contribution in [0.25, 0.3) is 6.08 Å². The number of benzene rings is 3. The van der Waals surface area contributed by atoms with Gasteiger partial charge in [-0.3, -0.25) is 14.9 Å². The molecule has 0 aliphatic rings. The van der Waals surface area contributed by atoms with Crippen molar-refractivity contribution in [3.63, 3.8) is 0 Å². The van der Waals surface area contributed by atoms with Gasteiger partial charge in [0, 0.05) is 33.4 Å². The first-order valence-corrected chi connectivity index (χ1v) is 11.9. The number of non-ortho nitro benzene ring substituents is 1. The number of nitro groups is 1. The smallest absolute Gasteiger partial charge is 0.339 e. The molecule has 3 rings (SSSR count). The number of rotatable bonds is 7. The molecule has 0 saturated heterocycles. The fraction of sp³-hybridized carbons (Fsp3) is 0. The van der Waals surface area contributed by atoms with Gasteiger partial charge in [0.2, 0.25) is 0 Å². The number of carbonyl (C=O) groups is 1. The molecule has 0 fully saturated rings. The van der Waals surface area contributed by atoms with Gasteiger partial charge in [-0.15, -0.1) is 0 Å². The number of nitrogens with one attached hydrogen (secondary N) is 1. The Morgan fingerprint density at radius 1 is 1.06 bits per heavy atom. The molecule has 0 bridgehead atoms. The van der Waals surface area contributed by atoms with Gasteiger partial charge in [0.05, 0.1) is 9.95 Å². The predicted molar refractivity (Wildman–Crippen MR) is 131 cm³/mol. The van der Waals surface area contributed by atoms with E-state index in [1.807, 2.05) is 0 Å². The number of nitriles is 1. The van der Waals surface area contributed by atoms with E-state index in [2.05, 4.69) is 5.32 Å². The van der Waals surface area contributed by atoms with Crippen molar-refractivity contribution in [2.75, 3.05) is 5.32 Å². The molecule has 178 valence electrons. The third-order valence-electron chi connectivity index (χ3n) is 4.31. The normalized spacial score (nSPS) is 11.4. The predicted octanol–water partition coefficient (Wildman–Crippen LogP) is 5.87. The van der Waals surface area contributed by atoms with E-state index >= 15 is 0 Å². The molecule has 0 aliphatic carbocycles. The summed E-state index contributed by atoms with van der Waals surface area (Å²) >= 11 is 18.0. The molecule has 0 unspecified atom stereocenters. The SMILES string of the molecule is N#C/C(=C\c1cc(Cl)cc(Cl)c1OS(=O)(=O)c1ccc(Cl)cc1)C(=O)Nc1cccc([N+](=O)[O-])c1. The van der Waals surface area contributed by atoms with E-state index in [-0.39, 0.29) is 37.6 Å². The van der Waals surface area contributed by atoms with Crippen molar-refractivity contribution in [3.8, 4) is 11.8 Å². The lowest BCUT2D eigenvalue weighted by Gasteiger charge is -2.12. The Labute approximate surface area is 214 Å². The zero-order valence-corrected chi connectivity index (χ0v) is 20.3. The van der Waals surface area contributed by atoms with Gasteiger partial charge in [-0.2, -0.15) is 13.7 Å². The van der Waals surface area contributed by atoms with E-state index in [4.69, 9.17) is 39.0 Å². The molecule has 0 spiro atoms. The van der Waals surface area contributed by atoms with Crippen LogP contribution in [0.3, 0.4) is 0 Å². The molecule has 0 heterocycles. The summed E-state index contributed by atoms with van der Waals surface area (Å²) in [6.45, 7) is 0. The first-order valence-electron chi connectivity index (χ1n) is 9.37. The monoisotopic (exact) mass is 551 g/mol. The van der Waals surface area contributed by atoms with E-state index in [0.717, 1.165) is 12.1 Å². The number of halogens is 3. The highest BCUT2D eigenvalue weighted by atomic mass is 35.5. The van der Waals surface area contributed by atoms with Crippen molar-refractivity contribution in [1.82, 2.24) is 0 Å². The van der Waals surface area contributed by atoms with Crippen molar-refractivity contribution in [3.05, 3.63) is 97.0 Å². The zero-order valence-electron chi connectivity index (χ0n) is 17.2. The van der Waals surface area contributed by atoms with Crippen molar-refractivity contribution >= 4 is 68.3 Å². The van der Waals surface area contributed by atoms with Crippen LogP contribution in [0.2, 0.25) is 15.1 Å². The minimum atomic E-state index is -4.37. The van der Waals surface area contributed by atoms with Gasteiger partial charge in [0.1, 0.15) is 16.5 Å². The van der Waals surface area contributed by atoms with Crippen LogP contribution in [-0.2, 0) is 14.9 Å². The van der Waals surface area contributed by atoms with Crippen LogP contribution < -0.4 is 9.50 Å². The summed E-state index contributed by atoms with van der Waals surface area (Å²) in [6.07, 6.45) is 1.02. The second kappa shape index (κ2) is 10.8. The number of hydrogen-bond acceptors (Lipinski definition) is 7. The van der Waals surface area contributed by atoms with E-state index < -0.39 is 26.5 Å². The van der Waals surface area contributed by atoms with Crippen LogP contribution >= 0.6 is 34.8 Å². The van der Waals surface area contributed by atoms with Gasteiger partial charge in [-0.1, -0.05) is 40.9 Å².